The highest BCUT2D eigenvalue weighted by molar-refractivity contribution is 6.17. The van der Waals surface area contributed by atoms with Crippen LogP contribution in [0.4, 0.5) is 11.4 Å². The molecule has 8 heteroatoms. The fourth-order valence-electron chi connectivity index (χ4n) is 3.35. The molecule has 158 valence electrons. The zero-order valence-electron chi connectivity index (χ0n) is 17.1. The molecule has 0 aliphatic carbocycles. The van der Waals surface area contributed by atoms with Crippen molar-refractivity contribution in [1.82, 2.24) is 9.78 Å². The molecule has 0 unspecified atom stereocenters. The van der Waals surface area contributed by atoms with Crippen LogP contribution in [0.2, 0.25) is 0 Å². The van der Waals surface area contributed by atoms with Gasteiger partial charge in [0.15, 0.2) is 11.5 Å². The van der Waals surface area contributed by atoms with Crippen LogP contribution in [0.5, 0.6) is 0 Å². The van der Waals surface area contributed by atoms with Crippen molar-refractivity contribution in [2.75, 3.05) is 5.32 Å². The van der Waals surface area contributed by atoms with E-state index in [4.69, 9.17) is 0 Å². The molecule has 0 aliphatic heterocycles. The highest BCUT2D eigenvalue weighted by Gasteiger charge is 2.27. The van der Waals surface area contributed by atoms with Gasteiger partial charge in [0.25, 0.3) is 11.6 Å². The van der Waals surface area contributed by atoms with Crippen molar-refractivity contribution in [3.05, 3.63) is 118 Å². The van der Waals surface area contributed by atoms with Crippen molar-refractivity contribution in [2.45, 2.75) is 6.92 Å². The highest BCUT2D eigenvalue weighted by atomic mass is 16.6. The molecule has 32 heavy (non-hydrogen) atoms. The van der Waals surface area contributed by atoms with Crippen LogP contribution in [0.25, 0.3) is 5.69 Å². The Kier molecular flexibility index (Phi) is 5.59. The second kappa shape index (κ2) is 8.65. The first-order chi connectivity index (χ1) is 15.5. The van der Waals surface area contributed by atoms with Crippen LogP contribution in [0.1, 0.15) is 32.1 Å². The van der Waals surface area contributed by atoms with E-state index in [0.717, 1.165) is 0 Å². The molecule has 0 aliphatic rings. The van der Waals surface area contributed by atoms with Crippen LogP contribution in [-0.2, 0) is 0 Å². The van der Waals surface area contributed by atoms with Gasteiger partial charge in [0.05, 0.1) is 21.9 Å². The number of carbonyl (C=O) groups excluding carboxylic acids is 2. The van der Waals surface area contributed by atoms with E-state index in [1.807, 2.05) is 6.07 Å². The number of nitro groups is 1. The minimum Gasteiger partial charge on any atom is -0.321 e. The number of anilines is 1. The molecule has 0 saturated carbocycles. The Balaban J connectivity index is 1.81. The summed E-state index contributed by atoms with van der Waals surface area (Å²) in [7, 11) is 0. The van der Waals surface area contributed by atoms with Gasteiger partial charge < -0.3 is 5.32 Å². The van der Waals surface area contributed by atoms with Gasteiger partial charge in [0, 0.05) is 23.4 Å². The van der Waals surface area contributed by atoms with Crippen molar-refractivity contribution in [3.63, 3.8) is 0 Å². The monoisotopic (exact) mass is 426 g/mol. The summed E-state index contributed by atoms with van der Waals surface area (Å²) in [6.45, 7) is 1.68. The van der Waals surface area contributed by atoms with E-state index < -0.39 is 10.8 Å². The molecule has 1 amide bonds. The molecule has 0 bridgehead atoms. The Labute approximate surface area is 183 Å². The minimum atomic E-state index is -0.528. The number of carbonyl (C=O) groups is 2. The second-order valence-corrected chi connectivity index (χ2v) is 7.01. The Morgan fingerprint density at radius 3 is 2.09 bits per heavy atom. The molecule has 0 atom stereocenters. The minimum absolute atomic E-state index is 0.0291. The molecule has 0 radical (unpaired) electrons. The lowest BCUT2D eigenvalue weighted by atomic mass is 10.0. The zero-order chi connectivity index (χ0) is 22.7. The zero-order valence-corrected chi connectivity index (χ0v) is 17.1. The van der Waals surface area contributed by atoms with E-state index in [-0.39, 0.29) is 22.7 Å². The number of aromatic nitrogens is 2. The van der Waals surface area contributed by atoms with Crippen molar-refractivity contribution >= 4 is 23.1 Å². The number of hydrogen-bond acceptors (Lipinski definition) is 5. The van der Waals surface area contributed by atoms with Gasteiger partial charge >= 0.3 is 0 Å². The lowest BCUT2D eigenvalue weighted by Crippen LogP contribution is -2.17. The number of nitrogens with zero attached hydrogens (tertiary/aromatic N) is 3. The molecule has 0 saturated heterocycles. The van der Waals surface area contributed by atoms with E-state index in [1.165, 1.54) is 28.9 Å². The quantitative estimate of drug-likeness (QED) is 0.276. The number of para-hydroxylation sites is 1. The number of non-ortho nitro benzene ring substituents is 1. The normalized spacial score (nSPS) is 10.5. The summed E-state index contributed by atoms with van der Waals surface area (Å²) in [6.07, 6.45) is 0. The summed E-state index contributed by atoms with van der Waals surface area (Å²) in [5, 5.41) is 18.1. The number of ketones is 1. The predicted molar refractivity (Wildman–Crippen MR) is 119 cm³/mol. The third kappa shape index (κ3) is 4.01. The van der Waals surface area contributed by atoms with Crippen molar-refractivity contribution in [2.24, 2.45) is 0 Å². The maximum Gasteiger partial charge on any atom is 0.276 e. The van der Waals surface area contributed by atoms with Crippen LogP contribution in [0, 0.1) is 17.0 Å². The molecular formula is C24H18N4O4. The van der Waals surface area contributed by atoms with Crippen molar-refractivity contribution in [1.29, 1.82) is 0 Å². The molecule has 1 heterocycles. The smallest absolute Gasteiger partial charge is 0.276 e. The number of amides is 1. The van der Waals surface area contributed by atoms with Crippen LogP contribution >= 0.6 is 0 Å². The van der Waals surface area contributed by atoms with Crippen LogP contribution in [-0.4, -0.2) is 26.4 Å². The molecule has 8 nitrogen and oxygen atoms in total. The summed E-state index contributed by atoms with van der Waals surface area (Å²) in [5.41, 5.74) is 2.01. The van der Waals surface area contributed by atoms with Gasteiger partial charge in [-0.3, -0.25) is 19.7 Å². The lowest BCUT2D eigenvalue weighted by Gasteiger charge is -2.06. The Bertz CT molecular complexity index is 1300. The number of nitrogens with one attached hydrogen (secondary N) is 1. The van der Waals surface area contributed by atoms with Gasteiger partial charge in [-0.1, -0.05) is 48.5 Å². The average molecular weight is 426 g/mol. The fourth-order valence-corrected chi connectivity index (χ4v) is 3.35. The van der Waals surface area contributed by atoms with Crippen molar-refractivity contribution in [3.8, 4) is 5.69 Å². The SMILES string of the molecule is Cc1c(C(=O)c2ccccc2)c(C(=O)Nc2ccccc2)nn1-c1ccc([N+](=O)[O-])cc1. The first kappa shape index (κ1) is 20.7. The van der Waals surface area contributed by atoms with E-state index in [1.54, 1.807) is 61.5 Å². The third-order valence-electron chi connectivity index (χ3n) is 4.93. The van der Waals surface area contributed by atoms with Gasteiger partial charge in [0.2, 0.25) is 0 Å². The van der Waals surface area contributed by atoms with Gasteiger partial charge in [0.1, 0.15) is 0 Å². The summed E-state index contributed by atoms with van der Waals surface area (Å²) in [5.74, 6) is -0.867. The number of nitro benzene ring substituents is 1. The molecule has 4 rings (SSSR count). The molecule has 4 aromatic rings. The third-order valence-corrected chi connectivity index (χ3v) is 4.93. The van der Waals surface area contributed by atoms with E-state index in [2.05, 4.69) is 10.4 Å². The summed E-state index contributed by atoms with van der Waals surface area (Å²) in [4.78, 5) is 36.9. The first-order valence-corrected chi connectivity index (χ1v) is 9.76. The van der Waals surface area contributed by atoms with E-state index in [9.17, 15) is 19.7 Å². The standard InChI is InChI=1S/C24H18N4O4/c1-16-21(23(29)17-8-4-2-5-9-17)22(24(30)25-18-10-6-3-7-11-18)26-27(16)19-12-14-20(15-13-19)28(31)32/h2-15H,1H3,(H,25,30). The Morgan fingerprint density at radius 2 is 1.50 bits per heavy atom. The summed E-state index contributed by atoms with van der Waals surface area (Å²) >= 11 is 0. The van der Waals surface area contributed by atoms with Crippen LogP contribution in [0.3, 0.4) is 0 Å². The van der Waals surface area contributed by atoms with Gasteiger partial charge in [-0.25, -0.2) is 4.68 Å². The predicted octanol–water partition coefficient (Wildman–Crippen LogP) is 4.57. The Morgan fingerprint density at radius 1 is 0.906 bits per heavy atom. The summed E-state index contributed by atoms with van der Waals surface area (Å²) < 4.78 is 1.44. The number of hydrogen-bond donors (Lipinski definition) is 1. The average Bonchev–Trinajstić information content (AvgIpc) is 3.17. The van der Waals surface area contributed by atoms with Crippen LogP contribution < -0.4 is 5.32 Å². The van der Waals surface area contributed by atoms with E-state index in [0.29, 0.717) is 22.6 Å². The lowest BCUT2D eigenvalue weighted by molar-refractivity contribution is -0.384. The molecule has 0 spiro atoms. The maximum atomic E-state index is 13.3. The Hall–Kier alpha value is -4.59. The van der Waals surface area contributed by atoms with Gasteiger partial charge in [-0.2, -0.15) is 5.10 Å². The highest BCUT2D eigenvalue weighted by Crippen LogP contribution is 2.24. The molecule has 1 aromatic heterocycles. The number of benzene rings is 3. The summed E-state index contributed by atoms with van der Waals surface area (Å²) in [6, 6.07) is 23.2. The molecule has 3 aromatic carbocycles. The molecular weight excluding hydrogens is 408 g/mol. The first-order valence-electron chi connectivity index (χ1n) is 9.76. The topological polar surface area (TPSA) is 107 Å². The van der Waals surface area contributed by atoms with E-state index >= 15 is 0 Å². The largest absolute Gasteiger partial charge is 0.321 e. The fraction of sp³-hybridized carbons (Fsp3) is 0.0417. The second-order valence-electron chi connectivity index (χ2n) is 7.01. The van der Waals surface area contributed by atoms with Crippen LogP contribution in [0.15, 0.2) is 84.9 Å². The van der Waals surface area contributed by atoms with Crippen molar-refractivity contribution < 1.29 is 14.5 Å². The number of rotatable bonds is 6. The molecule has 0 fully saturated rings. The molecule has 1 N–H and O–H groups in total. The van der Waals surface area contributed by atoms with Gasteiger partial charge in [-0.15, -0.1) is 0 Å². The van der Waals surface area contributed by atoms with Gasteiger partial charge in [-0.05, 0) is 31.2 Å². The maximum absolute atomic E-state index is 13.3.